The summed E-state index contributed by atoms with van der Waals surface area (Å²) in [5.74, 6) is -1.44. The third kappa shape index (κ3) is 3.31. The molecular weight excluding hydrogens is 254 g/mol. The van der Waals surface area contributed by atoms with Gasteiger partial charge in [0.05, 0.1) is 6.10 Å². The summed E-state index contributed by atoms with van der Waals surface area (Å²) < 4.78 is 25.8. The number of rotatable bonds is 4. The van der Waals surface area contributed by atoms with E-state index in [1.165, 1.54) is 17.8 Å². The minimum atomic E-state index is -0.934. The van der Waals surface area contributed by atoms with Crippen LogP contribution in [0.3, 0.4) is 0 Å². The maximum atomic E-state index is 13.0. The molecule has 0 radical (unpaired) electrons. The van der Waals surface area contributed by atoms with Crippen molar-refractivity contribution >= 4 is 11.8 Å². The molecule has 0 bridgehead atoms. The molecule has 2 aromatic carbocycles. The molecule has 1 unspecified atom stereocenters. The highest BCUT2D eigenvalue weighted by atomic mass is 32.2. The van der Waals surface area contributed by atoms with Gasteiger partial charge in [-0.1, -0.05) is 24.3 Å². The van der Waals surface area contributed by atoms with Crippen LogP contribution >= 0.6 is 11.8 Å². The number of benzene rings is 2. The fourth-order valence-corrected chi connectivity index (χ4v) is 2.40. The zero-order chi connectivity index (χ0) is 13.0. The summed E-state index contributed by atoms with van der Waals surface area (Å²) >= 11 is 1.47. The summed E-state index contributed by atoms with van der Waals surface area (Å²) in [6, 6.07) is 13.1. The first-order valence-corrected chi connectivity index (χ1v) is 6.46. The molecule has 1 atom stereocenters. The van der Waals surface area contributed by atoms with Gasteiger partial charge >= 0.3 is 0 Å². The molecular formula is C14H12F2OS. The number of aliphatic hydroxyl groups is 1. The van der Waals surface area contributed by atoms with Crippen molar-refractivity contribution in [3.63, 3.8) is 0 Å². The van der Waals surface area contributed by atoms with Gasteiger partial charge < -0.3 is 5.11 Å². The largest absolute Gasteiger partial charge is 0.388 e. The fourth-order valence-electron chi connectivity index (χ4n) is 1.51. The van der Waals surface area contributed by atoms with E-state index >= 15 is 0 Å². The highest BCUT2D eigenvalue weighted by molar-refractivity contribution is 7.99. The van der Waals surface area contributed by atoms with Crippen LogP contribution in [0.5, 0.6) is 0 Å². The van der Waals surface area contributed by atoms with Crippen LogP contribution in [-0.4, -0.2) is 10.9 Å². The molecule has 4 heteroatoms. The zero-order valence-corrected chi connectivity index (χ0v) is 10.3. The summed E-state index contributed by atoms with van der Waals surface area (Å²) in [5.41, 5.74) is 0.386. The van der Waals surface area contributed by atoms with Crippen LogP contribution in [0.2, 0.25) is 0 Å². The predicted molar refractivity (Wildman–Crippen MR) is 68.5 cm³/mol. The molecule has 1 N–H and O–H groups in total. The predicted octanol–water partition coefficient (Wildman–Crippen LogP) is 3.79. The van der Waals surface area contributed by atoms with Crippen molar-refractivity contribution in [2.75, 3.05) is 5.75 Å². The first-order chi connectivity index (χ1) is 8.66. The highest BCUT2D eigenvalue weighted by Gasteiger charge is 2.11. The van der Waals surface area contributed by atoms with Crippen molar-refractivity contribution in [1.82, 2.24) is 0 Å². The van der Waals surface area contributed by atoms with Gasteiger partial charge in [-0.15, -0.1) is 11.8 Å². The number of aliphatic hydroxyl groups excluding tert-OH is 1. The topological polar surface area (TPSA) is 20.2 Å². The molecule has 0 aliphatic heterocycles. The van der Waals surface area contributed by atoms with Crippen molar-refractivity contribution in [1.29, 1.82) is 0 Å². The lowest BCUT2D eigenvalue weighted by Gasteiger charge is -2.10. The van der Waals surface area contributed by atoms with E-state index in [0.29, 0.717) is 11.3 Å². The van der Waals surface area contributed by atoms with Gasteiger partial charge in [-0.2, -0.15) is 0 Å². The Morgan fingerprint density at radius 2 is 1.72 bits per heavy atom. The molecule has 0 fully saturated rings. The smallest absolute Gasteiger partial charge is 0.159 e. The number of hydrogen-bond donors (Lipinski definition) is 1. The third-order valence-corrected chi connectivity index (χ3v) is 3.57. The van der Waals surface area contributed by atoms with Crippen LogP contribution in [0.15, 0.2) is 53.4 Å². The second-order valence-electron chi connectivity index (χ2n) is 3.81. The second-order valence-corrected chi connectivity index (χ2v) is 4.91. The van der Waals surface area contributed by atoms with E-state index in [0.717, 1.165) is 17.0 Å². The first-order valence-electron chi connectivity index (χ1n) is 5.47. The lowest BCUT2D eigenvalue weighted by molar-refractivity contribution is 0.203. The molecule has 0 aliphatic rings. The van der Waals surface area contributed by atoms with Crippen molar-refractivity contribution in [3.8, 4) is 0 Å². The van der Waals surface area contributed by atoms with Gasteiger partial charge in [0.2, 0.25) is 0 Å². The number of halogens is 2. The molecule has 18 heavy (non-hydrogen) atoms. The summed E-state index contributed by atoms with van der Waals surface area (Å²) in [6.45, 7) is 0. The van der Waals surface area contributed by atoms with Crippen LogP contribution in [-0.2, 0) is 0 Å². The van der Waals surface area contributed by atoms with Crippen LogP contribution in [0.4, 0.5) is 8.78 Å². The summed E-state index contributed by atoms with van der Waals surface area (Å²) in [6.07, 6.45) is -0.815. The average Bonchev–Trinajstić information content (AvgIpc) is 2.40. The van der Waals surface area contributed by atoms with E-state index in [1.807, 2.05) is 30.3 Å². The number of thioether (sulfide) groups is 1. The van der Waals surface area contributed by atoms with Crippen molar-refractivity contribution < 1.29 is 13.9 Å². The fraction of sp³-hybridized carbons (Fsp3) is 0.143. The van der Waals surface area contributed by atoms with Crippen molar-refractivity contribution in [2.45, 2.75) is 11.0 Å². The van der Waals surface area contributed by atoms with Gasteiger partial charge in [-0.3, -0.25) is 0 Å². The Labute approximate surface area is 108 Å². The van der Waals surface area contributed by atoms with Crippen LogP contribution in [0, 0.1) is 11.6 Å². The van der Waals surface area contributed by atoms with E-state index < -0.39 is 17.7 Å². The molecule has 0 aliphatic carbocycles. The van der Waals surface area contributed by atoms with Gasteiger partial charge in [-0.25, -0.2) is 8.78 Å². The maximum absolute atomic E-state index is 13.0. The zero-order valence-electron chi connectivity index (χ0n) is 9.51. The maximum Gasteiger partial charge on any atom is 0.159 e. The molecule has 2 rings (SSSR count). The molecule has 0 saturated heterocycles. The quantitative estimate of drug-likeness (QED) is 0.850. The lowest BCUT2D eigenvalue weighted by Crippen LogP contribution is -2.01. The molecule has 0 heterocycles. The standard InChI is InChI=1S/C14H12F2OS/c15-12-7-6-10(8-13(12)16)14(17)9-18-11-4-2-1-3-5-11/h1-8,14,17H,9H2. The molecule has 2 aromatic rings. The first kappa shape index (κ1) is 13.1. The molecule has 0 saturated carbocycles. The SMILES string of the molecule is OC(CSc1ccccc1)c1ccc(F)c(F)c1. The van der Waals surface area contributed by atoms with Gasteiger partial charge in [0, 0.05) is 10.6 Å². The van der Waals surface area contributed by atoms with Gasteiger partial charge in [0.15, 0.2) is 11.6 Å². The summed E-state index contributed by atoms with van der Waals surface area (Å²) in [4.78, 5) is 1.03. The molecule has 1 nitrogen and oxygen atoms in total. The van der Waals surface area contributed by atoms with Crippen molar-refractivity contribution in [3.05, 3.63) is 65.7 Å². The monoisotopic (exact) mass is 266 g/mol. The van der Waals surface area contributed by atoms with E-state index in [1.54, 1.807) is 0 Å². The highest BCUT2D eigenvalue weighted by Crippen LogP contribution is 2.25. The lowest BCUT2D eigenvalue weighted by atomic mass is 10.1. The van der Waals surface area contributed by atoms with Crippen molar-refractivity contribution in [2.24, 2.45) is 0 Å². The Bertz CT molecular complexity index is 516. The van der Waals surface area contributed by atoms with E-state index in [2.05, 4.69) is 0 Å². The normalized spacial score (nSPS) is 12.4. The molecule has 0 spiro atoms. The molecule has 0 aromatic heterocycles. The third-order valence-electron chi connectivity index (χ3n) is 2.48. The minimum Gasteiger partial charge on any atom is -0.388 e. The average molecular weight is 266 g/mol. The minimum absolute atomic E-state index is 0.386. The number of hydrogen-bond acceptors (Lipinski definition) is 2. The summed E-state index contributed by atoms with van der Waals surface area (Å²) in [5, 5.41) is 9.89. The molecule has 0 amide bonds. The van der Waals surface area contributed by atoms with Gasteiger partial charge in [-0.05, 0) is 29.8 Å². The van der Waals surface area contributed by atoms with Crippen LogP contribution < -0.4 is 0 Å². The van der Waals surface area contributed by atoms with E-state index in [4.69, 9.17) is 0 Å². The van der Waals surface area contributed by atoms with E-state index in [-0.39, 0.29) is 0 Å². The van der Waals surface area contributed by atoms with Gasteiger partial charge in [0.1, 0.15) is 0 Å². The Hall–Kier alpha value is -1.39. The molecule has 94 valence electrons. The Kier molecular flexibility index (Phi) is 4.33. The van der Waals surface area contributed by atoms with E-state index in [9.17, 15) is 13.9 Å². The van der Waals surface area contributed by atoms with Gasteiger partial charge in [0.25, 0.3) is 0 Å². The Morgan fingerprint density at radius 3 is 2.39 bits per heavy atom. The van der Waals surface area contributed by atoms with Crippen LogP contribution in [0.25, 0.3) is 0 Å². The van der Waals surface area contributed by atoms with Crippen LogP contribution in [0.1, 0.15) is 11.7 Å². The Balaban J connectivity index is 1.99. The Morgan fingerprint density at radius 1 is 1.00 bits per heavy atom. The second kappa shape index (κ2) is 5.98. The summed E-state index contributed by atoms with van der Waals surface area (Å²) in [7, 11) is 0.